The molecule has 1 amide bonds. The van der Waals surface area contributed by atoms with Gasteiger partial charge in [-0.2, -0.15) is 0 Å². The van der Waals surface area contributed by atoms with Crippen molar-refractivity contribution in [2.75, 3.05) is 13.2 Å². The standard InChI is InChI=1S/C12H15NO2/c1-2-15-12(14)13-8-10-7-9-5-3-4-6-11(9)10/h3-6,10H,2,7-8H2,1H3,(H,13,14). The lowest BCUT2D eigenvalue weighted by molar-refractivity contribution is 0.151. The van der Waals surface area contributed by atoms with Gasteiger partial charge in [-0.1, -0.05) is 24.3 Å². The Labute approximate surface area is 89.4 Å². The first-order chi connectivity index (χ1) is 7.31. The highest BCUT2D eigenvalue weighted by Gasteiger charge is 2.25. The van der Waals surface area contributed by atoms with Crippen LogP contribution in [0, 0.1) is 0 Å². The first kappa shape index (κ1) is 10.0. The van der Waals surface area contributed by atoms with Crippen LogP contribution in [0.4, 0.5) is 4.79 Å². The van der Waals surface area contributed by atoms with Gasteiger partial charge in [0.25, 0.3) is 0 Å². The molecule has 0 aromatic heterocycles. The van der Waals surface area contributed by atoms with E-state index < -0.39 is 0 Å². The van der Waals surface area contributed by atoms with E-state index >= 15 is 0 Å². The summed E-state index contributed by atoms with van der Waals surface area (Å²) in [5.41, 5.74) is 2.75. The van der Waals surface area contributed by atoms with Crippen molar-refractivity contribution in [1.29, 1.82) is 0 Å². The Morgan fingerprint density at radius 1 is 1.53 bits per heavy atom. The molecular formula is C12H15NO2. The molecule has 0 spiro atoms. The average molecular weight is 205 g/mol. The Morgan fingerprint density at radius 2 is 2.33 bits per heavy atom. The van der Waals surface area contributed by atoms with Crippen LogP contribution in [0.1, 0.15) is 24.0 Å². The van der Waals surface area contributed by atoms with Crippen molar-refractivity contribution >= 4 is 6.09 Å². The zero-order chi connectivity index (χ0) is 10.7. The van der Waals surface area contributed by atoms with E-state index in [1.807, 2.05) is 12.1 Å². The highest BCUT2D eigenvalue weighted by Crippen LogP contribution is 2.33. The molecule has 3 heteroatoms. The van der Waals surface area contributed by atoms with Gasteiger partial charge in [-0.05, 0) is 24.5 Å². The van der Waals surface area contributed by atoms with E-state index in [4.69, 9.17) is 4.74 Å². The Balaban J connectivity index is 1.82. The van der Waals surface area contributed by atoms with E-state index in [1.54, 1.807) is 6.92 Å². The largest absolute Gasteiger partial charge is 0.450 e. The quantitative estimate of drug-likeness (QED) is 0.820. The van der Waals surface area contributed by atoms with Crippen LogP contribution < -0.4 is 5.32 Å². The van der Waals surface area contributed by atoms with Crippen molar-refractivity contribution in [1.82, 2.24) is 5.32 Å². The molecule has 0 radical (unpaired) electrons. The fourth-order valence-electron chi connectivity index (χ4n) is 1.93. The van der Waals surface area contributed by atoms with Crippen LogP contribution in [0.3, 0.4) is 0 Å². The zero-order valence-corrected chi connectivity index (χ0v) is 8.82. The number of fused-ring (bicyclic) bond motifs is 1. The average Bonchev–Trinajstić information content (AvgIpc) is 2.20. The molecule has 1 atom stereocenters. The Bertz CT molecular complexity index is 362. The molecule has 2 rings (SSSR count). The number of ether oxygens (including phenoxy) is 1. The summed E-state index contributed by atoms with van der Waals surface area (Å²) < 4.78 is 4.80. The van der Waals surface area contributed by atoms with Crippen molar-refractivity contribution in [2.45, 2.75) is 19.3 Å². The fourth-order valence-corrected chi connectivity index (χ4v) is 1.93. The fraction of sp³-hybridized carbons (Fsp3) is 0.417. The van der Waals surface area contributed by atoms with Crippen molar-refractivity contribution in [3.05, 3.63) is 35.4 Å². The number of nitrogens with one attached hydrogen (secondary N) is 1. The molecule has 1 unspecified atom stereocenters. The minimum atomic E-state index is -0.318. The van der Waals surface area contributed by atoms with Crippen molar-refractivity contribution < 1.29 is 9.53 Å². The maximum atomic E-state index is 11.1. The highest BCUT2D eigenvalue weighted by molar-refractivity contribution is 5.67. The molecule has 1 aliphatic carbocycles. The van der Waals surface area contributed by atoms with Gasteiger partial charge in [0.2, 0.25) is 0 Å². The lowest BCUT2D eigenvalue weighted by Gasteiger charge is -2.29. The molecule has 1 aromatic carbocycles. The molecule has 0 fully saturated rings. The molecule has 80 valence electrons. The number of benzene rings is 1. The smallest absolute Gasteiger partial charge is 0.407 e. The summed E-state index contributed by atoms with van der Waals surface area (Å²) in [6, 6.07) is 8.34. The summed E-state index contributed by atoms with van der Waals surface area (Å²) in [4.78, 5) is 11.1. The number of hydrogen-bond acceptors (Lipinski definition) is 2. The third kappa shape index (κ3) is 2.12. The minimum Gasteiger partial charge on any atom is -0.450 e. The molecule has 0 saturated carbocycles. The summed E-state index contributed by atoms with van der Waals surface area (Å²) in [7, 11) is 0. The van der Waals surface area contributed by atoms with Crippen molar-refractivity contribution in [2.24, 2.45) is 0 Å². The van der Waals surface area contributed by atoms with Crippen LogP contribution in [-0.4, -0.2) is 19.2 Å². The molecule has 1 aromatic rings. The number of carbonyl (C=O) groups excluding carboxylic acids is 1. The van der Waals surface area contributed by atoms with Gasteiger partial charge < -0.3 is 10.1 Å². The molecule has 0 saturated heterocycles. The third-order valence-electron chi connectivity index (χ3n) is 2.73. The number of carbonyl (C=O) groups is 1. The zero-order valence-electron chi connectivity index (χ0n) is 8.82. The van der Waals surface area contributed by atoms with Gasteiger partial charge in [0, 0.05) is 12.5 Å². The number of hydrogen-bond donors (Lipinski definition) is 1. The molecule has 0 aliphatic heterocycles. The van der Waals surface area contributed by atoms with Gasteiger partial charge in [0.15, 0.2) is 0 Å². The molecule has 15 heavy (non-hydrogen) atoms. The van der Waals surface area contributed by atoms with E-state index in [0.717, 1.165) is 6.42 Å². The summed E-state index contributed by atoms with van der Waals surface area (Å²) in [6.45, 7) is 2.90. The van der Waals surface area contributed by atoms with Gasteiger partial charge in [-0.3, -0.25) is 0 Å². The molecule has 1 N–H and O–H groups in total. The maximum Gasteiger partial charge on any atom is 0.407 e. The van der Waals surface area contributed by atoms with Crippen LogP contribution in [0.2, 0.25) is 0 Å². The number of rotatable bonds is 3. The SMILES string of the molecule is CCOC(=O)NCC1Cc2ccccc21. The van der Waals surface area contributed by atoms with Gasteiger partial charge in [-0.25, -0.2) is 4.79 Å². The Hall–Kier alpha value is -1.51. The van der Waals surface area contributed by atoms with Crippen LogP contribution in [0.25, 0.3) is 0 Å². The first-order valence-electron chi connectivity index (χ1n) is 5.29. The molecule has 3 nitrogen and oxygen atoms in total. The summed E-state index contributed by atoms with van der Waals surface area (Å²) in [6.07, 6.45) is 0.740. The second-order valence-electron chi connectivity index (χ2n) is 3.70. The maximum absolute atomic E-state index is 11.1. The predicted molar refractivity (Wildman–Crippen MR) is 57.9 cm³/mol. The Morgan fingerprint density at radius 3 is 3.07 bits per heavy atom. The third-order valence-corrected chi connectivity index (χ3v) is 2.73. The number of amides is 1. The van der Waals surface area contributed by atoms with Gasteiger partial charge in [0.05, 0.1) is 6.61 Å². The topological polar surface area (TPSA) is 38.3 Å². The van der Waals surface area contributed by atoms with E-state index in [2.05, 4.69) is 17.4 Å². The van der Waals surface area contributed by atoms with E-state index in [9.17, 15) is 4.79 Å². The Kier molecular flexibility index (Phi) is 2.90. The van der Waals surface area contributed by atoms with Crippen LogP contribution in [0.15, 0.2) is 24.3 Å². The molecule has 0 bridgehead atoms. The minimum absolute atomic E-state index is 0.318. The highest BCUT2D eigenvalue weighted by atomic mass is 16.5. The van der Waals surface area contributed by atoms with E-state index in [1.165, 1.54) is 11.1 Å². The van der Waals surface area contributed by atoms with Gasteiger partial charge in [-0.15, -0.1) is 0 Å². The normalized spacial score (nSPS) is 17.5. The van der Waals surface area contributed by atoms with Crippen LogP contribution >= 0.6 is 0 Å². The number of alkyl carbamates (subject to hydrolysis) is 1. The predicted octanol–water partition coefficient (Wildman–Crippen LogP) is 2.07. The first-order valence-corrected chi connectivity index (χ1v) is 5.29. The molecule has 1 aliphatic rings. The van der Waals surface area contributed by atoms with Crippen molar-refractivity contribution in [3.8, 4) is 0 Å². The lowest BCUT2D eigenvalue weighted by Crippen LogP contribution is -2.33. The van der Waals surface area contributed by atoms with Gasteiger partial charge >= 0.3 is 6.09 Å². The van der Waals surface area contributed by atoms with Crippen LogP contribution in [-0.2, 0) is 11.2 Å². The van der Waals surface area contributed by atoms with E-state index in [-0.39, 0.29) is 6.09 Å². The molecule has 0 heterocycles. The summed E-state index contributed by atoms with van der Waals surface area (Å²) >= 11 is 0. The second kappa shape index (κ2) is 4.34. The summed E-state index contributed by atoms with van der Waals surface area (Å²) in [5, 5.41) is 2.77. The summed E-state index contributed by atoms with van der Waals surface area (Å²) in [5.74, 6) is 0.464. The van der Waals surface area contributed by atoms with E-state index in [0.29, 0.717) is 19.1 Å². The van der Waals surface area contributed by atoms with Gasteiger partial charge in [0.1, 0.15) is 0 Å². The monoisotopic (exact) mass is 205 g/mol. The lowest BCUT2D eigenvalue weighted by atomic mass is 9.78. The van der Waals surface area contributed by atoms with Crippen LogP contribution in [0.5, 0.6) is 0 Å². The molecular weight excluding hydrogens is 190 g/mol. The van der Waals surface area contributed by atoms with Crippen molar-refractivity contribution in [3.63, 3.8) is 0 Å². The second-order valence-corrected chi connectivity index (χ2v) is 3.70.